The summed E-state index contributed by atoms with van der Waals surface area (Å²) in [7, 11) is 1.65. The minimum atomic E-state index is -0.0880. The first-order valence-corrected chi connectivity index (χ1v) is 4.09. The summed E-state index contributed by atoms with van der Waals surface area (Å²) in [4.78, 5) is 11.0. The van der Waals surface area contributed by atoms with Gasteiger partial charge in [-0.3, -0.25) is 4.79 Å². The van der Waals surface area contributed by atoms with Gasteiger partial charge in [0, 0.05) is 13.1 Å². The summed E-state index contributed by atoms with van der Waals surface area (Å²) < 4.78 is 0. The van der Waals surface area contributed by atoms with Gasteiger partial charge in [0.2, 0.25) is 5.91 Å². The molecule has 0 radical (unpaired) electrons. The van der Waals surface area contributed by atoms with Crippen molar-refractivity contribution in [1.82, 2.24) is 10.6 Å². The van der Waals surface area contributed by atoms with Crippen LogP contribution >= 0.6 is 0 Å². The van der Waals surface area contributed by atoms with Crippen LogP contribution in [0, 0.1) is 0 Å². The molecule has 2 N–H and O–H groups in total. The normalized spacial score (nSPS) is 15.6. The highest BCUT2D eigenvalue weighted by molar-refractivity contribution is 5.80. The molecular formula is C8H18N2O. The predicted octanol–water partition coefficient (Wildman–Crippen LogP) is 0.509. The number of hydrogen-bond acceptors (Lipinski definition) is 2. The van der Waals surface area contributed by atoms with E-state index in [0.29, 0.717) is 6.04 Å². The van der Waals surface area contributed by atoms with E-state index in [9.17, 15) is 4.79 Å². The van der Waals surface area contributed by atoms with E-state index in [2.05, 4.69) is 24.5 Å². The van der Waals surface area contributed by atoms with Gasteiger partial charge in [0.1, 0.15) is 0 Å². The fourth-order valence-corrected chi connectivity index (χ4v) is 0.837. The van der Waals surface area contributed by atoms with E-state index in [1.54, 1.807) is 7.05 Å². The number of amides is 1. The van der Waals surface area contributed by atoms with Gasteiger partial charge < -0.3 is 10.6 Å². The molecule has 0 aliphatic heterocycles. The molecule has 0 aromatic rings. The standard InChI is InChI=1S/C8H18N2O/c1-5-6(2)10-7(3)8(11)9-4/h6-7,10H,5H2,1-4H3,(H,9,11). The lowest BCUT2D eigenvalue weighted by Crippen LogP contribution is -2.44. The number of likely N-dealkylation sites (N-methyl/N-ethyl adjacent to an activating group) is 1. The maximum absolute atomic E-state index is 11.0. The van der Waals surface area contributed by atoms with Crippen LogP contribution < -0.4 is 10.6 Å². The molecule has 66 valence electrons. The van der Waals surface area contributed by atoms with Gasteiger partial charge in [0.05, 0.1) is 6.04 Å². The van der Waals surface area contributed by atoms with Gasteiger partial charge in [-0.05, 0) is 20.3 Å². The second-order valence-electron chi connectivity index (χ2n) is 2.81. The molecule has 0 saturated carbocycles. The molecule has 0 bridgehead atoms. The lowest BCUT2D eigenvalue weighted by atomic mass is 10.2. The first-order valence-electron chi connectivity index (χ1n) is 4.09. The maximum atomic E-state index is 11.0. The lowest BCUT2D eigenvalue weighted by Gasteiger charge is -2.16. The Kier molecular flexibility index (Phi) is 4.86. The summed E-state index contributed by atoms with van der Waals surface area (Å²) in [5, 5.41) is 5.76. The van der Waals surface area contributed by atoms with E-state index in [-0.39, 0.29) is 11.9 Å². The quantitative estimate of drug-likeness (QED) is 0.626. The summed E-state index contributed by atoms with van der Waals surface area (Å²) in [5.74, 6) is 0.0466. The molecule has 2 atom stereocenters. The summed E-state index contributed by atoms with van der Waals surface area (Å²) in [6, 6.07) is 0.317. The number of carbonyl (C=O) groups is 1. The fraction of sp³-hybridized carbons (Fsp3) is 0.875. The second kappa shape index (κ2) is 5.13. The number of carbonyl (C=O) groups excluding carboxylic acids is 1. The van der Waals surface area contributed by atoms with Crippen LogP contribution in [-0.2, 0) is 4.79 Å². The van der Waals surface area contributed by atoms with Crippen molar-refractivity contribution in [3.05, 3.63) is 0 Å². The first-order chi connectivity index (χ1) is 5.11. The molecule has 3 heteroatoms. The number of nitrogens with one attached hydrogen (secondary N) is 2. The van der Waals surface area contributed by atoms with Crippen molar-refractivity contribution in [2.24, 2.45) is 0 Å². The van der Waals surface area contributed by atoms with Gasteiger partial charge in [0.15, 0.2) is 0 Å². The topological polar surface area (TPSA) is 41.1 Å². The minimum Gasteiger partial charge on any atom is -0.358 e. The molecule has 0 aliphatic rings. The van der Waals surface area contributed by atoms with E-state index >= 15 is 0 Å². The van der Waals surface area contributed by atoms with Crippen molar-refractivity contribution < 1.29 is 4.79 Å². The van der Waals surface area contributed by atoms with E-state index in [1.807, 2.05) is 6.92 Å². The zero-order valence-electron chi connectivity index (χ0n) is 7.77. The SMILES string of the molecule is CCC(C)NC(C)C(=O)NC. The Morgan fingerprint density at radius 2 is 2.00 bits per heavy atom. The largest absolute Gasteiger partial charge is 0.358 e. The highest BCUT2D eigenvalue weighted by Crippen LogP contribution is 1.91. The molecule has 0 aromatic carbocycles. The van der Waals surface area contributed by atoms with Crippen molar-refractivity contribution in [1.29, 1.82) is 0 Å². The molecule has 0 spiro atoms. The molecule has 1 amide bonds. The molecule has 0 heterocycles. The van der Waals surface area contributed by atoms with Crippen LogP contribution in [0.25, 0.3) is 0 Å². The maximum Gasteiger partial charge on any atom is 0.236 e. The Bertz CT molecular complexity index is 125. The van der Waals surface area contributed by atoms with Crippen molar-refractivity contribution in [2.45, 2.75) is 39.3 Å². The zero-order valence-corrected chi connectivity index (χ0v) is 7.77. The van der Waals surface area contributed by atoms with Gasteiger partial charge in [-0.25, -0.2) is 0 Å². The fourth-order valence-electron chi connectivity index (χ4n) is 0.837. The third kappa shape index (κ3) is 3.98. The Morgan fingerprint density at radius 3 is 2.36 bits per heavy atom. The van der Waals surface area contributed by atoms with Gasteiger partial charge in [-0.2, -0.15) is 0 Å². The highest BCUT2D eigenvalue weighted by Gasteiger charge is 2.11. The van der Waals surface area contributed by atoms with Gasteiger partial charge in [-0.1, -0.05) is 6.92 Å². The van der Waals surface area contributed by atoms with Crippen molar-refractivity contribution in [3.63, 3.8) is 0 Å². The highest BCUT2D eigenvalue weighted by atomic mass is 16.2. The molecule has 11 heavy (non-hydrogen) atoms. The monoisotopic (exact) mass is 158 g/mol. The molecule has 0 fully saturated rings. The van der Waals surface area contributed by atoms with Gasteiger partial charge in [0.25, 0.3) is 0 Å². The Balaban J connectivity index is 3.67. The average molecular weight is 158 g/mol. The van der Waals surface area contributed by atoms with Crippen LogP contribution in [0.4, 0.5) is 0 Å². The molecule has 0 saturated heterocycles. The minimum absolute atomic E-state index is 0.0466. The summed E-state index contributed by atoms with van der Waals surface area (Å²) >= 11 is 0. The van der Waals surface area contributed by atoms with Crippen LogP contribution in [0.5, 0.6) is 0 Å². The van der Waals surface area contributed by atoms with Crippen molar-refractivity contribution >= 4 is 5.91 Å². The molecule has 3 nitrogen and oxygen atoms in total. The smallest absolute Gasteiger partial charge is 0.236 e. The molecule has 2 unspecified atom stereocenters. The summed E-state index contributed by atoms with van der Waals surface area (Å²) in [6.45, 7) is 6.03. The van der Waals surface area contributed by atoms with E-state index < -0.39 is 0 Å². The van der Waals surface area contributed by atoms with Crippen LogP contribution in [0.15, 0.2) is 0 Å². The Morgan fingerprint density at radius 1 is 1.45 bits per heavy atom. The summed E-state index contributed by atoms with van der Waals surface area (Å²) in [5.41, 5.74) is 0. The Labute approximate surface area is 68.6 Å². The van der Waals surface area contributed by atoms with Crippen LogP contribution in [0.1, 0.15) is 27.2 Å². The summed E-state index contributed by atoms with van der Waals surface area (Å²) in [6.07, 6.45) is 1.04. The zero-order chi connectivity index (χ0) is 8.85. The van der Waals surface area contributed by atoms with Crippen LogP contribution in [-0.4, -0.2) is 25.0 Å². The Hall–Kier alpha value is -0.570. The number of rotatable bonds is 4. The molecule has 0 aliphatic carbocycles. The number of hydrogen-bond donors (Lipinski definition) is 2. The van der Waals surface area contributed by atoms with E-state index in [4.69, 9.17) is 0 Å². The third-order valence-corrected chi connectivity index (χ3v) is 1.79. The second-order valence-corrected chi connectivity index (χ2v) is 2.81. The lowest BCUT2D eigenvalue weighted by molar-refractivity contribution is -0.122. The van der Waals surface area contributed by atoms with Gasteiger partial charge in [-0.15, -0.1) is 0 Å². The molecule has 0 aromatic heterocycles. The van der Waals surface area contributed by atoms with Crippen molar-refractivity contribution in [2.75, 3.05) is 7.05 Å². The predicted molar refractivity (Wildman–Crippen MR) is 46.4 cm³/mol. The van der Waals surface area contributed by atoms with Gasteiger partial charge >= 0.3 is 0 Å². The van der Waals surface area contributed by atoms with E-state index in [1.165, 1.54) is 0 Å². The van der Waals surface area contributed by atoms with E-state index in [0.717, 1.165) is 6.42 Å². The van der Waals surface area contributed by atoms with Crippen molar-refractivity contribution in [3.8, 4) is 0 Å². The molecular weight excluding hydrogens is 140 g/mol. The van der Waals surface area contributed by atoms with Crippen LogP contribution in [0.3, 0.4) is 0 Å². The molecule has 0 rings (SSSR count). The van der Waals surface area contributed by atoms with Crippen LogP contribution in [0.2, 0.25) is 0 Å². The third-order valence-electron chi connectivity index (χ3n) is 1.79. The first kappa shape index (κ1) is 10.4. The average Bonchev–Trinajstić information content (AvgIpc) is 2.02.